The van der Waals surface area contributed by atoms with Gasteiger partial charge in [-0.3, -0.25) is 4.79 Å². The van der Waals surface area contributed by atoms with Crippen molar-refractivity contribution in [3.63, 3.8) is 0 Å². The lowest BCUT2D eigenvalue weighted by Crippen LogP contribution is -2.43. The topological polar surface area (TPSA) is 29.5 Å². The van der Waals surface area contributed by atoms with Crippen molar-refractivity contribution in [1.29, 1.82) is 0 Å². The Morgan fingerprint density at radius 3 is 3.11 bits per heavy atom. The van der Waals surface area contributed by atoms with E-state index in [-0.39, 0.29) is 17.8 Å². The van der Waals surface area contributed by atoms with Gasteiger partial charge in [0.2, 0.25) is 0 Å². The highest BCUT2D eigenvalue weighted by Crippen LogP contribution is 2.16. The zero-order valence-electron chi connectivity index (χ0n) is 11.3. The van der Waals surface area contributed by atoms with Crippen LogP contribution in [0.4, 0.5) is 4.39 Å². The number of hydrogen-bond donors (Lipinski definition) is 0. The Bertz CT molecular complexity index is 436. The second-order valence-corrected chi connectivity index (χ2v) is 4.90. The molecule has 19 heavy (non-hydrogen) atoms. The normalized spacial score (nSPS) is 19.5. The van der Waals surface area contributed by atoms with Gasteiger partial charge in [-0.2, -0.15) is 0 Å². The highest BCUT2D eigenvalue weighted by Gasteiger charge is 2.24. The largest absolute Gasteiger partial charge is 0.376 e. The summed E-state index contributed by atoms with van der Waals surface area (Å²) in [6.07, 6.45) is 3.03. The number of likely N-dealkylation sites (tertiary alicyclic amines) is 1. The minimum absolute atomic E-state index is 0.107. The van der Waals surface area contributed by atoms with Crippen molar-refractivity contribution in [3.05, 3.63) is 35.6 Å². The van der Waals surface area contributed by atoms with Gasteiger partial charge in [-0.15, -0.1) is 0 Å². The van der Waals surface area contributed by atoms with Crippen LogP contribution in [-0.4, -0.2) is 36.6 Å². The first-order valence-electron chi connectivity index (χ1n) is 6.87. The Hall–Kier alpha value is -1.42. The summed E-state index contributed by atoms with van der Waals surface area (Å²) in [6, 6.07) is 5.86. The lowest BCUT2D eigenvalue weighted by Gasteiger charge is -2.32. The van der Waals surface area contributed by atoms with E-state index in [9.17, 15) is 9.18 Å². The number of rotatable bonds is 4. The minimum atomic E-state index is -0.373. The van der Waals surface area contributed by atoms with Crippen molar-refractivity contribution in [2.75, 3.05) is 19.7 Å². The number of amides is 1. The van der Waals surface area contributed by atoms with Crippen LogP contribution in [0, 0.1) is 5.82 Å². The lowest BCUT2D eigenvalue weighted by atomic mass is 10.1. The van der Waals surface area contributed by atoms with Crippen molar-refractivity contribution in [2.45, 2.75) is 32.3 Å². The molecule has 0 N–H and O–H groups in total. The van der Waals surface area contributed by atoms with E-state index < -0.39 is 0 Å². The molecule has 0 spiro atoms. The summed E-state index contributed by atoms with van der Waals surface area (Å²) in [5.74, 6) is -0.481. The highest BCUT2D eigenvalue weighted by molar-refractivity contribution is 5.94. The number of nitrogens with zero attached hydrogens (tertiary/aromatic N) is 1. The smallest absolute Gasteiger partial charge is 0.254 e. The van der Waals surface area contributed by atoms with Crippen LogP contribution in [0.5, 0.6) is 0 Å². The third-order valence-electron chi connectivity index (χ3n) is 3.29. The van der Waals surface area contributed by atoms with Crippen LogP contribution in [0.25, 0.3) is 0 Å². The number of hydrogen-bond acceptors (Lipinski definition) is 2. The molecule has 2 rings (SSSR count). The van der Waals surface area contributed by atoms with E-state index in [0.29, 0.717) is 12.1 Å². The fourth-order valence-electron chi connectivity index (χ4n) is 2.35. The van der Waals surface area contributed by atoms with Crippen LogP contribution >= 0.6 is 0 Å². The fraction of sp³-hybridized carbons (Fsp3) is 0.533. The molecular weight excluding hydrogens is 245 g/mol. The number of carbonyl (C=O) groups is 1. The standard InChI is InChI=1S/C15H20FNO2/c1-2-9-19-14-7-4-8-17(11-14)15(18)12-5-3-6-13(16)10-12/h3,5-6,10,14H,2,4,7-9,11H2,1H3/t14-/m1/s1. The number of piperidine rings is 1. The molecule has 0 saturated carbocycles. The minimum Gasteiger partial charge on any atom is -0.376 e. The SMILES string of the molecule is CCCO[C@@H]1CCCN(C(=O)c2cccc(F)c2)C1. The zero-order valence-corrected chi connectivity index (χ0v) is 11.3. The average Bonchev–Trinajstić information content (AvgIpc) is 2.44. The van der Waals surface area contributed by atoms with Gasteiger partial charge in [0.25, 0.3) is 5.91 Å². The Morgan fingerprint density at radius 2 is 2.37 bits per heavy atom. The lowest BCUT2D eigenvalue weighted by molar-refractivity contribution is 0.00210. The summed E-state index contributed by atoms with van der Waals surface area (Å²) in [7, 11) is 0. The van der Waals surface area contributed by atoms with Crippen LogP contribution in [0.2, 0.25) is 0 Å². The molecule has 1 aromatic carbocycles. The third-order valence-corrected chi connectivity index (χ3v) is 3.29. The van der Waals surface area contributed by atoms with Crippen molar-refractivity contribution in [1.82, 2.24) is 4.90 Å². The molecule has 0 radical (unpaired) electrons. The van der Waals surface area contributed by atoms with Crippen LogP contribution in [0.3, 0.4) is 0 Å². The van der Waals surface area contributed by atoms with Gasteiger partial charge >= 0.3 is 0 Å². The molecule has 1 heterocycles. The van der Waals surface area contributed by atoms with E-state index in [4.69, 9.17) is 4.74 Å². The van der Waals surface area contributed by atoms with Gasteiger partial charge in [0.15, 0.2) is 0 Å². The molecule has 104 valence electrons. The second-order valence-electron chi connectivity index (χ2n) is 4.90. The monoisotopic (exact) mass is 265 g/mol. The van der Waals surface area contributed by atoms with Crippen LogP contribution in [0.15, 0.2) is 24.3 Å². The number of halogens is 1. The van der Waals surface area contributed by atoms with Crippen LogP contribution < -0.4 is 0 Å². The molecule has 1 saturated heterocycles. The molecule has 0 bridgehead atoms. The van der Waals surface area contributed by atoms with E-state index in [0.717, 1.165) is 32.4 Å². The Morgan fingerprint density at radius 1 is 1.53 bits per heavy atom. The maximum Gasteiger partial charge on any atom is 0.254 e. The average molecular weight is 265 g/mol. The van der Waals surface area contributed by atoms with Crippen molar-refractivity contribution in [2.24, 2.45) is 0 Å². The molecule has 1 aliphatic heterocycles. The Labute approximate surface area is 113 Å². The van der Waals surface area contributed by atoms with Gasteiger partial charge in [0.05, 0.1) is 6.10 Å². The van der Waals surface area contributed by atoms with Gasteiger partial charge < -0.3 is 9.64 Å². The fourth-order valence-corrected chi connectivity index (χ4v) is 2.35. The third kappa shape index (κ3) is 3.77. The van der Waals surface area contributed by atoms with E-state index in [1.54, 1.807) is 17.0 Å². The summed E-state index contributed by atoms with van der Waals surface area (Å²) in [4.78, 5) is 14.0. The van der Waals surface area contributed by atoms with Crippen LogP contribution in [-0.2, 0) is 4.74 Å². The zero-order chi connectivity index (χ0) is 13.7. The Kier molecular flexibility index (Phi) is 4.91. The molecule has 0 aromatic heterocycles. The molecule has 1 aromatic rings. The molecular formula is C15H20FNO2. The van der Waals surface area contributed by atoms with Gasteiger partial charge in [0.1, 0.15) is 5.82 Å². The molecule has 1 fully saturated rings. The van der Waals surface area contributed by atoms with Gasteiger partial charge in [-0.1, -0.05) is 13.0 Å². The maximum absolute atomic E-state index is 13.1. The second kappa shape index (κ2) is 6.66. The van der Waals surface area contributed by atoms with Crippen molar-refractivity contribution >= 4 is 5.91 Å². The summed E-state index contributed by atoms with van der Waals surface area (Å²) >= 11 is 0. The summed E-state index contributed by atoms with van der Waals surface area (Å²) < 4.78 is 18.8. The molecule has 1 atom stereocenters. The molecule has 0 aliphatic carbocycles. The van der Waals surface area contributed by atoms with Gasteiger partial charge in [-0.25, -0.2) is 4.39 Å². The predicted molar refractivity (Wildman–Crippen MR) is 71.6 cm³/mol. The number of benzene rings is 1. The molecule has 3 nitrogen and oxygen atoms in total. The predicted octanol–water partition coefficient (Wildman–Crippen LogP) is 2.86. The van der Waals surface area contributed by atoms with Gasteiger partial charge in [-0.05, 0) is 37.5 Å². The summed E-state index contributed by atoms with van der Waals surface area (Å²) in [5.41, 5.74) is 0.413. The number of ether oxygens (including phenoxy) is 1. The maximum atomic E-state index is 13.1. The van der Waals surface area contributed by atoms with Gasteiger partial charge in [0, 0.05) is 25.3 Å². The summed E-state index contributed by atoms with van der Waals surface area (Å²) in [6.45, 7) is 4.13. The quantitative estimate of drug-likeness (QED) is 0.837. The van der Waals surface area contributed by atoms with E-state index in [1.807, 2.05) is 0 Å². The van der Waals surface area contributed by atoms with E-state index in [2.05, 4.69) is 6.92 Å². The molecule has 1 aliphatic rings. The first-order valence-corrected chi connectivity index (χ1v) is 6.87. The first kappa shape index (κ1) is 14.0. The molecule has 0 unspecified atom stereocenters. The van der Waals surface area contributed by atoms with Crippen molar-refractivity contribution < 1.29 is 13.9 Å². The molecule has 1 amide bonds. The first-order chi connectivity index (χ1) is 9.20. The van der Waals surface area contributed by atoms with E-state index in [1.165, 1.54) is 12.1 Å². The Balaban J connectivity index is 1.99. The van der Waals surface area contributed by atoms with E-state index >= 15 is 0 Å². The van der Waals surface area contributed by atoms with Crippen LogP contribution in [0.1, 0.15) is 36.5 Å². The number of carbonyl (C=O) groups excluding carboxylic acids is 1. The summed E-state index contributed by atoms with van der Waals surface area (Å²) in [5, 5.41) is 0. The molecule has 4 heteroatoms. The van der Waals surface area contributed by atoms with Crippen molar-refractivity contribution in [3.8, 4) is 0 Å². The highest BCUT2D eigenvalue weighted by atomic mass is 19.1.